The number of benzene rings is 2. The van der Waals surface area contributed by atoms with E-state index < -0.39 is 5.97 Å². The zero-order valence-corrected chi connectivity index (χ0v) is 18.4. The molecule has 0 radical (unpaired) electrons. The Bertz CT molecular complexity index is 1060. The van der Waals surface area contributed by atoms with Crippen LogP contribution < -0.4 is 0 Å². The predicted molar refractivity (Wildman–Crippen MR) is 129 cm³/mol. The molecular weight excluding hydrogens is 396 g/mol. The van der Waals surface area contributed by atoms with Crippen molar-refractivity contribution in [3.63, 3.8) is 0 Å². The van der Waals surface area contributed by atoms with Crippen LogP contribution >= 0.6 is 0 Å². The standard InChI is InChI=1S/C28H26N2O2/c1-3-30-25(17-15-22-11-7-5-8-12-22)19-24(27(21-29)28(31)32-4-2)20-26(30)18-16-23-13-9-6-10-14-23/h5-20H,3-4H2,1-2H3/b17-15+,18-16+. The van der Waals surface area contributed by atoms with Gasteiger partial charge in [0.1, 0.15) is 11.6 Å². The Morgan fingerprint density at radius 2 is 1.38 bits per heavy atom. The Kier molecular flexibility index (Phi) is 8.00. The van der Waals surface area contributed by atoms with Crippen LogP contribution in [0.1, 0.15) is 25.0 Å². The molecule has 1 aliphatic heterocycles. The highest BCUT2D eigenvalue weighted by atomic mass is 16.5. The van der Waals surface area contributed by atoms with Crippen LogP contribution in [0.5, 0.6) is 0 Å². The summed E-state index contributed by atoms with van der Waals surface area (Å²) in [5.41, 5.74) is 4.45. The van der Waals surface area contributed by atoms with Gasteiger partial charge in [-0.25, -0.2) is 4.79 Å². The van der Waals surface area contributed by atoms with Crippen molar-refractivity contribution < 1.29 is 9.53 Å². The topological polar surface area (TPSA) is 53.3 Å². The van der Waals surface area contributed by atoms with E-state index in [1.807, 2.05) is 103 Å². The minimum absolute atomic E-state index is 0.00109. The number of allylic oxidation sites excluding steroid dienone is 5. The van der Waals surface area contributed by atoms with E-state index in [-0.39, 0.29) is 12.2 Å². The van der Waals surface area contributed by atoms with Crippen LogP contribution in [0.25, 0.3) is 12.2 Å². The molecule has 0 N–H and O–H groups in total. The van der Waals surface area contributed by atoms with E-state index in [1.165, 1.54) is 0 Å². The molecule has 1 aliphatic rings. The molecule has 32 heavy (non-hydrogen) atoms. The summed E-state index contributed by atoms with van der Waals surface area (Å²) in [7, 11) is 0. The van der Waals surface area contributed by atoms with Gasteiger partial charge in [0.25, 0.3) is 0 Å². The van der Waals surface area contributed by atoms with Crippen molar-refractivity contribution in [2.24, 2.45) is 0 Å². The minimum atomic E-state index is -0.611. The number of carbonyl (C=O) groups excluding carboxylic acids is 1. The van der Waals surface area contributed by atoms with Gasteiger partial charge >= 0.3 is 5.97 Å². The number of hydrogen-bond acceptors (Lipinski definition) is 4. The van der Waals surface area contributed by atoms with Crippen LogP contribution in [-0.4, -0.2) is 24.0 Å². The molecule has 160 valence electrons. The van der Waals surface area contributed by atoms with E-state index in [2.05, 4.69) is 11.8 Å². The zero-order valence-electron chi connectivity index (χ0n) is 18.4. The highest BCUT2D eigenvalue weighted by Gasteiger charge is 2.21. The van der Waals surface area contributed by atoms with Crippen LogP contribution in [0.4, 0.5) is 0 Å². The summed E-state index contributed by atoms with van der Waals surface area (Å²) in [6.07, 6.45) is 11.8. The van der Waals surface area contributed by atoms with Crippen molar-refractivity contribution in [2.75, 3.05) is 13.2 Å². The summed E-state index contributed by atoms with van der Waals surface area (Å²) < 4.78 is 5.10. The van der Waals surface area contributed by atoms with Crippen LogP contribution in [0.2, 0.25) is 0 Å². The molecule has 0 spiro atoms. The number of ether oxygens (including phenoxy) is 1. The van der Waals surface area contributed by atoms with Crippen molar-refractivity contribution >= 4 is 18.1 Å². The molecule has 4 nitrogen and oxygen atoms in total. The maximum absolute atomic E-state index is 12.4. The molecule has 0 saturated heterocycles. The van der Waals surface area contributed by atoms with Gasteiger partial charge in [0.05, 0.1) is 6.61 Å². The second kappa shape index (κ2) is 11.3. The monoisotopic (exact) mass is 422 g/mol. The normalized spacial score (nSPS) is 13.7. The molecule has 0 saturated carbocycles. The summed E-state index contributed by atoms with van der Waals surface area (Å²) in [6, 6.07) is 22.0. The molecule has 3 rings (SSSR count). The fourth-order valence-corrected chi connectivity index (χ4v) is 3.37. The number of carbonyl (C=O) groups is 1. The Morgan fingerprint density at radius 3 is 1.78 bits per heavy atom. The first-order valence-corrected chi connectivity index (χ1v) is 10.6. The largest absolute Gasteiger partial charge is 0.462 e. The van der Waals surface area contributed by atoms with E-state index >= 15 is 0 Å². The summed E-state index contributed by atoms with van der Waals surface area (Å²) >= 11 is 0. The third-order valence-corrected chi connectivity index (χ3v) is 4.92. The van der Waals surface area contributed by atoms with Gasteiger partial charge < -0.3 is 9.64 Å². The first-order valence-electron chi connectivity index (χ1n) is 10.6. The Labute approximate surface area is 189 Å². The number of esters is 1. The van der Waals surface area contributed by atoms with Crippen molar-refractivity contribution in [1.82, 2.24) is 4.90 Å². The second-order valence-electron chi connectivity index (χ2n) is 7.03. The SMILES string of the molecule is CCOC(=O)C(C#N)=C1C=C(/C=C/c2ccccc2)N(CC)C(/C=C/c2ccccc2)=C1. The first kappa shape index (κ1) is 22.6. The highest BCUT2D eigenvalue weighted by Crippen LogP contribution is 2.28. The minimum Gasteiger partial charge on any atom is -0.462 e. The molecule has 2 aromatic carbocycles. The lowest BCUT2D eigenvalue weighted by molar-refractivity contribution is -0.138. The van der Waals surface area contributed by atoms with Crippen molar-refractivity contribution in [3.8, 4) is 6.07 Å². The third kappa shape index (κ3) is 5.74. The lowest BCUT2D eigenvalue weighted by Crippen LogP contribution is -2.23. The van der Waals surface area contributed by atoms with Gasteiger partial charge in [0.15, 0.2) is 0 Å². The Morgan fingerprint density at radius 1 is 0.875 bits per heavy atom. The van der Waals surface area contributed by atoms with Crippen LogP contribution in [0.15, 0.2) is 108 Å². The number of likely N-dealkylation sites (N-methyl/N-ethyl adjacent to an activating group) is 1. The van der Waals surface area contributed by atoms with Gasteiger partial charge in [-0.05, 0) is 49.3 Å². The van der Waals surface area contributed by atoms with E-state index in [0.29, 0.717) is 5.57 Å². The molecule has 0 atom stereocenters. The van der Waals surface area contributed by atoms with Gasteiger partial charge in [-0.3, -0.25) is 0 Å². The van der Waals surface area contributed by atoms with E-state index in [1.54, 1.807) is 6.92 Å². The predicted octanol–water partition coefficient (Wildman–Crippen LogP) is 5.90. The van der Waals surface area contributed by atoms with Gasteiger partial charge in [-0.15, -0.1) is 0 Å². The lowest BCUT2D eigenvalue weighted by Gasteiger charge is -2.29. The summed E-state index contributed by atoms with van der Waals surface area (Å²) in [4.78, 5) is 14.5. The van der Waals surface area contributed by atoms with Crippen LogP contribution in [0, 0.1) is 11.3 Å². The average molecular weight is 423 g/mol. The molecule has 4 heteroatoms. The van der Waals surface area contributed by atoms with E-state index in [0.717, 1.165) is 29.1 Å². The number of hydrogen-bond donors (Lipinski definition) is 0. The first-order chi connectivity index (χ1) is 15.7. The Hall–Kier alpha value is -4.10. The fourth-order valence-electron chi connectivity index (χ4n) is 3.37. The Balaban J connectivity index is 2.07. The maximum atomic E-state index is 12.4. The van der Waals surface area contributed by atoms with Gasteiger partial charge in [-0.2, -0.15) is 5.26 Å². The third-order valence-electron chi connectivity index (χ3n) is 4.92. The molecule has 0 aliphatic carbocycles. The molecule has 0 unspecified atom stereocenters. The second-order valence-corrected chi connectivity index (χ2v) is 7.03. The molecule has 0 amide bonds. The highest BCUT2D eigenvalue weighted by molar-refractivity contribution is 5.95. The van der Waals surface area contributed by atoms with E-state index in [9.17, 15) is 10.1 Å². The van der Waals surface area contributed by atoms with Crippen molar-refractivity contribution in [1.29, 1.82) is 5.26 Å². The number of nitrogens with zero attached hydrogens (tertiary/aromatic N) is 2. The van der Waals surface area contributed by atoms with Crippen molar-refractivity contribution in [2.45, 2.75) is 13.8 Å². The molecular formula is C28H26N2O2. The molecule has 0 bridgehead atoms. The fraction of sp³-hybridized carbons (Fsp3) is 0.143. The molecule has 1 heterocycles. The average Bonchev–Trinajstić information content (AvgIpc) is 2.83. The van der Waals surface area contributed by atoms with Crippen LogP contribution in [-0.2, 0) is 9.53 Å². The van der Waals surface area contributed by atoms with Crippen LogP contribution in [0.3, 0.4) is 0 Å². The summed E-state index contributed by atoms with van der Waals surface area (Å²) in [5, 5.41) is 9.67. The quantitative estimate of drug-likeness (QED) is 0.317. The molecule has 0 aromatic heterocycles. The number of rotatable bonds is 7. The maximum Gasteiger partial charge on any atom is 0.349 e. The summed E-state index contributed by atoms with van der Waals surface area (Å²) in [6.45, 7) is 4.74. The van der Waals surface area contributed by atoms with Gasteiger partial charge in [0.2, 0.25) is 0 Å². The number of nitriles is 1. The summed E-state index contributed by atoms with van der Waals surface area (Å²) in [5.74, 6) is -0.611. The van der Waals surface area contributed by atoms with E-state index in [4.69, 9.17) is 4.74 Å². The lowest BCUT2D eigenvalue weighted by atomic mass is 10.0. The zero-order chi connectivity index (χ0) is 22.8. The molecule has 2 aromatic rings. The smallest absolute Gasteiger partial charge is 0.349 e. The van der Waals surface area contributed by atoms with Gasteiger partial charge in [-0.1, -0.05) is 72.8 Å². The van der Waals surface area contributed by atoms with Crippen molar-refractivity contribution in [3.05, 3.63) is 119 Å². The van der Waals surface area contributed by atoms with Gasteiger partial charge in [0, 0.05) is 23.5 Å². The molecule has 0 fully saturated rings.